The number of carbonyl (C=O) groups excluding carboxylic acids is 1. The molecule has 1 aromatic heterocycles. The van der Waals surface area contributed by atoms with E-state index in [9.17, 15) is 18.0 Å². The molecule has 152 valence electrons. The highest BCUT2D eigenvalue weighted by atomic mass is 79.9. The number of aromatic nitrogens is 2. The molecule has 0 unspecified atom stereocenters. The number of hydroxylamine groups is 2. The number of alkyl halides is 3. The fourth-order valence-electron chi connectivity index (χ4n) is 2.83. The Hall–Kier alpha value is -1.94. The van der Waals surface area contributed by atoms with E-state index in [0.717, 1.165) is 12.4 Å². The van der Waals surface area contributed by atoms with Crippen molar-refractivity contribution in [1.82, 2.24) is 15.0 Å². The summed E-state index contributed by atoms with van der Waals surface area (Å²) in [7, 11) is 0. The molecule has 2 aromatic rings. The molecule has 0 N–H and O–H groups in total. The average molecular weight is 461 g/mol. The van der Waals surface area contributed by atoms with Crippen molar-refractivity contribution in [2.24, 2.45) is 5.41 Å². The summed E-state index contributed by atoms with van der Waals surface area (Å²) in [5, 5.41) is 1.90. The van der Waals surface area contributed by atoms with E-state index in [-0.39, 0.29) is 11.5 Å². The second-order valence-corrected chi connectivity index (χ2v) is 8.51. The van der Waals surface area contributed by atoms with Crippen LogP contribution in [0.4, 0.5) is 19.0 Å². The van der Waals surface area contributed by atoms with Gasteiger partial charge in [-0.2, -0.15) is 13.2 Å². The number of piperazine rings is 1. The predicted molar refractivity (Wildman–Crippen MR) is 102 cm³/mol. The van der Waals surface area contributed by atoms with Crippen molar-refractivity contribution in [3.63, 3.8) is 0 Å². The molecule has 0 bridgehead atoms. The molecule has 28 heavy (non-hydrogen) atoms. The maximum absolute atomic E-state index is 13.4. The minimum atomic E-state index is -4.52. The molecule has 1 saturated heterocycles. The lowest BCUT2D eigenvalue weighted by Crippen LogP contribution is -2.48. The highest BCUT2D eigenvalue weighted by molar-refractivity contribution is 9.10. The Morgan fingerprint density at radius 3 is 2.32 bits per heavy atom. The first-order valence-corrected chi connectivity index (χ1v) is 9.50. The van der Waals surface area contributed by atoms with E-state index >= 15 is 0 Å². The van der Waals surface area contributed by atoms with Gasteiger partial charge in [-0.1, -0.05) is 15.9 Å². The molecular formula is C18H20BrF3N4O2. The first-order valence-electron chi connectivity index (χ1n) is 8.70. The molecule has 1 aliphatic rings. The largest absolute Gasteiger partial charge is 0.418 e. The molecule has 2 heterocycles. The Kier molecular flexibility index (Phi) is 5.55. The normalized spacial score (nSPS) is 16.5. The molecule has 1 fully saturated rings. The van der Waals surface area contributed by atoms with Crippen molar-refractivity contribution < 1.29 is 22.8 Å². The van der Waals surface area contributed by atoms with Crippen LogP contribution in [0.25, 0.3) is 10.9 Å². The molecule has 0 aliphatic carbocycles. The first-order chi connectivity index (χ1) is 13.0. The predicted octanol–water partition coefficient (Wildman–Crippen LogP) is 4.04. The van der Waals surface area contributed by atoms with E-state index < -0.39 is 17.2 Å². The second kappa shape index (κ2) is 7.47. The topological polar surface area (TPSA) is 58.6 Å². The number of fused-ring (bicyclic) bond motifs is 1. The number of hydrogen-bond acceptors (Lipinski definition) is 6. The van der Waals surface area contributed by atoms with Crippen LogP contribution in [0.5, 0.6) is 0 Å². The van der Waals surface area contributed by atoms with E-state index in [1.807, 2.05) is 4.90 Å². The average Bonchev–Trinajstić information content (AvgIpc) is 2.59. The van der Waals surface area contributed by atoms with Crippen LogP contribution in [-0.2, 0) is 15.8 Å². The highest BCUT2D eigenvalue weighted by Gasteiger charge is 2.35. The van der Waals surface area contributed by atoms with E-state index in [4.69, 9.17) is 4.84 Å². The van der Waals surface area contributed by atoms with Gasteiger partial charge in [0.2, 0.25) is 0 Å². The third kappa shape index (κ3) is 4.38. The fraction of sp³-hybridized carbons (Fsp3) is 0.500. The zero-order valence-corrected chi connectivity index (χ0v) is 17.3. The maximum Gasteiger partial charge on any atom is 0.418 e. The van der Waals surface area contributed by atoms with Gasteiger partial charge >= 0.3 is 12.1 Å². The number of nitrogens with zero attached hydrogens (tertiary/aromatic N) is 4. The first kappa shape index (κ1) is 20.8. The van der Waals surface area contributed by atoms with Gasteiger partial charge in [0.15, 0.2) is 0 Å². The van der Waals surface area contributed by atoms with Crippen LogP contribution in [0.1, 0.15) is 26.3 Å². The Bertz CT molecular complexity index is 891. The maximum atomic E-state index is 13.4. The Balaban J connectivity index is 1.84. The smallest absolute Gasteiger partial charge is 0.367 e. The molecule has 10 heteroatoms. The molecule has 0 spiro atoms. The molecular weight excluding hydrogens is 441 g/mol. The number of anilines is 1. The van der Waals surface area contributed by atoms with E-state index in [0.29, 0.717) is 41.9 Å². The van der Waals surface area contributed by atoms with Gasteiger partial charge in [-0.05, 0) is 32.9 Å². The summed E-state index contributed by atoms with van der Waals surface area (Å²) in [4.78, 5) is 27.4. The summed E-state index contributed by atoms with van der Waals surface area (Å²) in [6, 6.07) is 2.61. The van der Waals surface area contributed by atoms with Gasteiger partial charge in [0.05, 0.1) is 29.6 Å². The van der Waals surface area contributed by atoms with Gasteiger partial charge in [-0.3, -0.25) is 0 Å². The Morgan fingerprint density at radius 2 is 1.75 bits per heavy atom. The fourth-order valence-corrected chi connectivity index (χ4v) is 3.29. The van der Waals surface area contributed by atoms with E-state index in [2.05, 4.69) is 25.9 Å². The van der Waals surface area contributed by atoms with E-state index in [1.54, 1.807) is 31.9 Å². The third-order valence-electron chi connectivity index (χ3n) is 4.35. The van der Waals surface area contributed by atoms with Crippen LogP contribution in [0.15, 0.2) is 22.9 Å². The number of halogens is 4. The number of carbonyl (C=O) groups is 1. The summed E-state index contributed by atoms with van der Waals surface area (Å²) in [5.74, 6) is 0.103. The summed E-state index contributed by atoms with van der Waals surface area (Å²) < 4.78 is 40.5. The quantitative estimate of drug-likeness (QED) is 0.673. The van der Waals surface area contributed by atoms with Crippen molar-refractivity contribution in [2.75, 3.05) is 31.1 Å². The SMILES string of the molecule is CC(C)(C)C(=O)ON1CCN(c2ncnc3c(C(F)(F)F)cc(Br)cc23)CC1. The monoisotopic (exact) mass is 460 g/mol. The standard InChI is InChI=1S/C18H20BrF3N4O2/c1-17(2,3)16(27)28-26-6-4-25(5-7-26)15-12-8-11(19)9-13(18(20,21)22)14(12)23-10-24-15/h8-10H,4-7H2,1-3H3. The van der Waals surface area contributed by atoms with Crippen LogP contribution in [-0.4, -0.2) is 47.2 Å². The summed E-state index contributed by atoms with van der Waals surface area (Å²) in [6.07, 6.45) is -3.37. The summed E-state index contributed by atoms with van der Waals surface area (Å²) >= 11 is 3.15. The minimum Gasteiger partial charge on any atom is -0.367 e. The van der Waals surface area contributed by atoms with Gasteiger partial charge in [0.25, 0.3) is 0 Å². The zero-order valence-electron chi connectivity index (χ0n) is 15.7. The Labute approximate surface area is 168 Å². The van der Waals surface area contributed by atoms with Gasteiger partial charge in [0, 0.05) is 22.9 Å². The van der Waals surface area contributed by atoms with Crippen molar-refractivity contribution in [1.29, 1.82) is 0 Å². The van der Waals surface area contributed by atoms with Crippen LogP contribution < -0.4 is 4.90 Å². The van der Waals surface area contributed by atoms with Gasteiger partial charge in [-0.25, -0.2) is 14.8 Å². The molecule has 0 saturated carbocycles. The molecule has 3 rings (SSSR count). The number of rotatable bonds is 2. The van der Waals surface area contributed by atoms with Gasteiger partial charge in [-0.15, -0.1) is 5.06 Å². The van der Waals surface area contributed by atoms with Gasteiger partial charge in [0.1, 0.15) is 12.1 Å². The number of benzene rings is 1. The van der Waals surface area contributed by atoms with Crippen LogP contribution >= 0.6 is 15.9 Å². The lowest BCUT2D eigenvalue weighted by molar-refractivity contribution is -0.201. The van der Waals surface area contributed by atoms with Crippen molar-refractivity contribution in [2.45, 2.75) is 26.9 Å². The highest BCUT2D eigenvalue weighted by Crippen LogP contribution is 2.38. The van der Waals surface area contributed by atoms with Crippen molar-refractivity contribution >= 4 is 38.6 Å². The van der Waals surface area contributed by atoms with Crippen LogP contribution in [0, 0.1) is 5.41 Å². The summed E-state index contributed by atoms with van der Waals surface area (Å²) in [5.41, 5.74) is -1.55. The third-order valence-corrected chi connectivity index (χ3v) is 4.81. The van der Waals surface area contributed by atoms with Crippen molar-refractivity contribution in [3.05, 3.63) is 28.5 Å². The minimum absolute atomic E-state index is 0.137. The van der Waals surface area contributed by atoms with Gasteiger partial charge < -0.3 is 9.74 Å². The lowest BCUT2D eigenvalue weighted by atomic mass is 9.98. The molecule has 0 amide bonds. The summed E-state index contributed by atoms with van der Waals surface area (Å²) in [6.45, 7) is 7.08. The molecule has 1 aliphatic heterocycles. The van der Waals surface area contributed by atoms with Crippen LogP contribution in [0.2, 0.25) is 0 Å². The molecule has 0 radical (unpaired) electrons. The Morgan fingerprint density at radius 1 is 1.11 bits per heavy atom. The van der Waals surface area contributed by atoms with Crippen LogP contribution in [0.3, 0.4) is 0 Å². The second-order valence-electron chi connectivity index (χ2n) is 7.59. The number of hydrogen-bond donors (Lipinski definition) is 0. The molecule has 1 aromatic carbocycles. The zero-order chi connectivity index (χ0) is 20.7. The van der Waals surface area contributed by atoms with E-state index in [1.165, 1.54) is 0 Å². The van der Waals surface area contributed by atoms with Crippen molar-refractivity contribution in [3.8, 4) is 0 Å². The lowest BCUT2D eigenvalue weighted by Gasteiger charge is -2.35. The molecule has 6 nitrogen and oxygen atoms in total. The molecule has 0 atom stereocenters.